The molecule has 0 bridgehead atoms. The minimum atomic E-state index is -0.379. The Morgan fingerprint density at radius 1 is 1.22 bits per heavy atom. The van der Waals surface area contributed by atoms with Gasteiger partial charge in [-0.15, -0.1) is 11.3 Å². The molecular formula is C17H14FN3OS. The Labute approximate surface area is 136 Å². The maximum atomic E-state index is 13.3. The topological polar surface area (TPSA) is 58.0 Å². The molecule has 116 valence electrons. The van der Waals surface area contributed by atoms with Crippen molar-refractivity contribution in [2.45, 2.75) is 18.9 Å². The SMILES string of the molecule is Oc1ccc(F)cc1/C=C/c1csc2c(NC3CC3)ncnc12. The highest BCUT2D eigenvalue weighted by Gasteiger charge is 2.22. The van der Waals surface area contributed by atoms with Crippen LogP contribution >= 0.6 is 11.3 Å². The lowest BCUT2D eigenvalue weighted by molar-refractivity contribution is 0.472. The Kier molecular flexibility index (Phi) is 3.46. The second-order valence-corrected chi connectivity index (χ2v) is 6.43. The maximum absolute atomic E-state index is 13.3. The molecule has 0 radical (unpaired) electrons. The summed E-state index contributed by atoms with van der Waals surface area (Å²) in [5, 5.41) is 15.2. The first kappa shape index (κ1) is 14.1. The number of phenols is 1. The van der Waals surface area contributed by atoms with Crippen LogP contribution in [0.15, 0.2) is 29.9 Å². The zero-order valence-corrected chi connectivity index (χ0v) is 13.0. The van der Waals surface area contributed by atoms with Crippen LogP contribution in [-0.4, -0.2) is 21.1 Å². The Morgan fingerprint density at radius 3 is 2.87 bits per heavy atom. The highest BCUT2D eigenvalue weighted by Crippen LogP contribution is 2.33. The quantitative estimate of drug-likeness (QED) is 0.751. The standard InChI is InChI=1S/C17H14FN3OS/c18-12-3-6-14(22)10(7-12)1-2-11-8-23-16-15(11)19-9-20-17(16)21-13-4-5-13/h1-3,6-9,13,22H,4-5H2,(H,19,20,21)/b2-1+. The lowest BCUT2D eigenvalue weighted by Gasteiger charge is -2.03. The van der Waals surface area contributed by atoms with Crippen molar-refractivity contribution in [3.05, 3.63) is 46.9 Å². The van der Waals surface area contributed by atoms with Gasteiger partial charge in [0.15, 0.2) is 0 Å². The Morgan fingerprint density at radius 2 is 2.04 bits per heavy atom. The van der Waals surface area contributed by atoms with Crippen molar-refractivity contribution in [1.29, 1.82) is 0 Å². The van der Waals surface area contributed by atoms with Crippen molar-refractivity contribution in [3.8, 4) is 5.75 Å². The van der Waals surface area contributed by atoms with Crippen molar-refractivity contribution >= 4 is 39.5 Å². The molecule has 0 unspecified atom stereocenters. The van der Waals surface area contributed by atoms with Gasteiger partial charge in [-0.05, 0) is 31.0 Å². The van der Waals surface area contributed by atoms with Crippen molar-refractivity contribution in [2.24, 2.45) is 0 Å². The number of hydrogen-bond acceptors (Lipinski definition) is 5. The van der Waals surface area contributed by atoms with E-state index < -0.39 is 0 Å². The fourth-order valence-corrected chi connectivity index (χ4v) is 3.29. The highest BCUT2D eigenvalue weighted by atomic mass is 32.1. The molecule has 2 N–H and O–H groups in total. The number of rotatable bonds is 4. The number of thiophene rings is 1. The van der Waals surface area contributed by atoms with E-state index in [0.29, 0.717) is 11.6 Å². The van der Waals surface area contributed by atoms with Gasteiger partial charge in [0.05, 0.1) is 10.2 Å². The van der Waals surface area contributed by atoms with E-state index in [4.69, 9.17) is 0 Å². The van der Waals surface area contributed by atoms with Crippen LogP contribution in [0.1, 0.15) is 24.0 Å². The van der Waals surface area contributed by atoms with Gasteiger partial charge in [-0.25, -0.2) is 14.4 Å². The molecule has 3 aromatic rings. The van der Waals surface area contributed by atoms with Gasteiger partial charge in [-0.2, -0.15) is 0 Å². The van der Waals surface area contributed by atoms with Gasteiger partial charge < -0.3 is 10.4 Å². The molecule has 1 fully saturated rings. The van der Waals surface area contributed by atoms with Gasteiger partial charge in [0.25, 0.3) is 0 Å². The number of hydrogen-bond donors (Lipinski definition) is 2. The second-order valence-electron chi connectivity index (χ2n) is 5.55. The lowest BCUT2D eigenvalue weighted by atomic mass is 10.1. The summed E-state index contributed by atoms with van der Waals surface area (Å²) in [6, 6.07) is 4.41. The Balaban J connectivity index is 1.69. The minimum Gasteiger partial charge on any atom is -0.507 e. The minimum absolute atomic E-state index is 0.0490. The summed E-state index contributed by atoms with van der Waals surface area (Å²) in [6.45, 7) is 0. The van der Waals surface area contributed by atoms with E-state index in [0.717, 1.165) is 21.6 Å². The van der Waals surface area contributed by atoms with E-state index in [9.17, 15) is 9.50 Å². The van der Waals surface area contributed by atoms with E-state index in [1.165, 1.54) is 31.0 Å². The fourth-order valence-electron chi connectivity index (χ4n) is 2.35. The third kappa shape index (κ3) is 2.90. The first-order valence-corrected chi connectivity index (χ1v) is 8.24. The van der Waals surface area contributed by atoms with Gasteiger partial charge in [0.1, 0.15) is 23.7 Å². The number of aromatic nitrogens is 2. The molecule has 1 aromatic carbocycles. The molecule has 0 amide bonds. The third-order valence-electron chi connectivity index (χ3n) is 3.73. The summed E-state index contributed by atoms with van der Waals surface area (Å²) in [7, 11) is 0. The second kappa shape index (κ2) is 5.62. The zero-order chi connectivity index (χ0) is 15.8. The Bertz CT molecular complexity index is 902. The lowest BCUT2D eigenvalue weighted by Crippen LogP contribution is -2.03. The first-order chi connectivity index (χ1) is 11.2. The van der Waals surface area contributed by atoms with E-state index >= 15 is 0 Å². The van der Waals surface area contributed by atoms with E-state index in [-0.39, 0.29) is 11.6 Å². The number of fused-ring (bicyclic) bond motifs is 1. The van der Waals surface area contributed by atoms with Crippen LogP contribution in [0.25, 0.3) is 22.4 Å². The van der Waals surface area contributed by atoms with Crippen LogP contribution in [0.3, 0.4) is 0 Å². The number of anilines is 1. The van der Waals surface area contributed by atoms with E-state index in [1.54, 1.807) is 23.7 Å². The third-order valence-corrected chi connectivity index (χ3v) is 4.73. The summed E-state index contributed by atoms with van der Waals surface area (Å²) in [6.07, 6.45) is 7.44. The Hall–Kier alpha value is -2.47. The molecule has 1 saturated carbocycles. The molecule has 0 saturated heterocycles. The summed E-state index contributed by atoms with van der Waals surface area (Å²) >= 11 is 1.58. The van der Waals surface area contributed by atoms with Gasteiger partial charge >= 0.3 is 0 Å². The molecule has 1 aliphatic carbocycles. The van der Waals surface area contributed by atoms with Crippen LogP contribution in [0.2, 0.25) is 0 Å². The normalized spacial score (nSPS) is 14.7. The predicted molar refractivity (Wildman–Crippen MR) is 91.1 cm³/mol. The molecule has 4 rings (SSSR count). The predicted octanol–water partition coefficient (Wildman–Crippen LogP) is 4.28. The number of phenolic OH excluding ortho intramolecular Hbond substituents is 1. The summed E-state index contributed by atoms with van der Waals surface area (Å²) in [5.74, 6) is 0.541. The summed E-state index contributed by atoms with van der Waals surface area (Å²) in [5.41, 5.74) is 2.23. The van der Waals surface area contributed by atoms with Crippen LogP contribution in [0, 0.1) is 5.82 Å². The molecule has 4 nitrogen and oxygen atoms in total. The molecule has 1 aliphatic rings. The van der Waals surface area contributed by atoms with Crippen molar-refractivity contribution in [3.63, 3.8) is 0 Å². The largest absolute Gasteiger partial charge is 0.507 e. The van der Waals surface area contributed by atoms with Crippen LogP contribution in [0.5, 0.6) is 5.75 Å². The molecular weight excluding hydrogens is 313 g/mol. The summed E-state index contributed by atoms with van der Waals surface area (Å²) in [4.78, 5) is 8.67. The van der Waals surface area contributed by atoms with Gasteiger partial charge in [-0.3, -0.25) is 0 Å². The number of nitrogens with zero attached hydrogens (tertiary/aromatic N) is 2. The van der Waals surface area contributed by atoms with Gasteiger partial charge in [0.2, 0.25) is 0 Å². The van der Waals surface area contributed by atoms with Crippen molar-refractivity contribution < 1.29 is 9.50 Å². The van der Waals surface area contributed by atoms with E-state index in [2.05, 4.69) is 15.3 Å². The fraction of sp³-hybridized carbons (Fsp3) is 0.176. The zero-order valence-electron chi connectivity index (χ0n) is 12.2. The molecule has 2 heterocycles. The number of halogens is 1. The number of nitrogens with one attached hydrogen (secondary N) is 1. The number of aromatic hydroxyl groups is 1. The molecule has 0 spiro atoms. The first-order valence-electron chi connectivity index (χ1n) is 7.36. The summed E-state index contributed by atoms with van der Waals surface area (Å²) < 4.78 is 14.3. The van der Waals surface area contributed by atoms with Gasteiger partial charge in [-0.1, -0.05) is 12.2 Å². The molecule has 23 heavy (non-hydrogen) atoms. The molecule has 2 aromatic heterocycles. The highest BCUT2D eigenvalue weighted by molar-refractivity contribution is 7.18. The van der Waals surface area contributed by atoms with Crippen LogP contribution in [-0.2, 0) is 0 Å². The molecule has 0 atom stereocenters. The van der Waals surface area contributed by atoms with Crippen molar-refractivity contribution in [1.82, 2.24) is 9.97 Å². The van der Waals surface area contributed by atoms with Crippen LogP contribution in [0.4, 0.5) is 10.2 Å². The smallest absolute Gasteiger partial charge is 0.147 e. The van der Waals surface area contributed by atoms with Crippen molar-refractivity contribution in [2.75, 3.05) is 5.32 Å². The maximum Gasteiger partial charge on any atom is 0.147 e. The van der Waals surface area contributed by atoms with E-state index in [1.807, 2.05) is 11.5 Å². The monoisotopic (exact) mass is 327 g/mol. The molecule has 6 heteroatoms. The van der Waals surface area contributed by atoms with Gasteiger partial charge in [0, 0.05) is 22.5 Å². The van der Waals surface area contributed by atoms with Crippen LogP contribution < -0.4 is 5.32 Å². The molecule has 0 aliphatic heterocycles. The average molecular weight is 327 g/mol. The number of benzene rings is 1. The average Bonchev–Trinajstić information content (AvgIpc) is 3.26.